The fourth-order valence-electron chi connectivity index (χ4n) is 1.99. The standard InChI is InChI=1S/C18H16N4/c1-14-6-5-13-19-18(14)22-21-17-11-9-16(10-12-17)20-15-7-3-2-4-8-15/h2-13,20H,1H3/b22-21+. The Hall–Kier alpha value is -3.01. The number of anilines is 2. The fourth-order valence-corrected chi connectivity index (χ4v) is 1.99. The molecule has 0 aliphatic heterocycles. The second-order valence-corrected chi connectivity index (χ2v) is 4.88. The molecule has 1 aromatic heterocycles. The smallest absolute Gasteiger partial charge is 0.177 e. The van der Waals surface area contributed by atoms with Gasteiger partial charge in [0.1, 0.15) is 0 Å². The number of azo groups is 1. The van der Waals surface area contributed by atoms with Crippen molar-refractivity contribution in [1.82, 2.24) is 4.98 Å². The van der Waals surface area contributed by atoms with Gasteiger partial charge in [0.05, 0.1) is 5.69 Å². The number of benzene rings is 2. The third-order valence-corrected chi connectivity index (χ3v) is 3.17. The molecule has 1 heterocycles. The second-order valence-electron chi connectivity index (χ2n) is 4.88. The summed E-state index contributed by atoms with van der Waals surface area (Å²) in [6.07, 6.45) is 1.72. The zero-order valence-electron chi connectivity index (χ0n) is 12.3. The Morgan fingerprint density at radius 3 is 2.23 bits per heavy atom. The first kappa shape index (κ1) is 13.9. The largest absolute Gasteiger partial charge is 0.356 e. The van der Waals surface area contributed by atoms with Crippen LogP contribution in [0.25, 0.3) is 0 Å². The quantitative estimate of drug-likeness (QED) is 0.640. The number of hydrogen-bond acceptors (Lipinski definition) is 4. The Morgan fingerprint density at radius 1 is 0.773 bits per heavy atom. The van der Waals surface area contributed by atoms with E-state index in [1.165, 1.54) is 0 Å². The molecule has 0 aliphatic carbocycles. The van der Waals surface area contributed by atoms with Crippen molar-refractivity contribution in [3.05, 3.63) is 78.5 Å². The van der Waals surface area contributed by atoms with E-state index in [1.807, 2.05) is 73.7 Å². The highest BCUT2D eigenvalue weighted by Crippen LogP contribution is 2.22. The Bertz CT molecular complexity index is 765. The number of rotatable bonds is 4. The molecule has 0 spiro atoms. The molecule has 3 aromatic rings. The minimum atomic E-state index is 0.647. The summed E-state index contributed by atoms with van der Waals surface area (Å²) in [6, 6.07) is 21.7. The van der Waals surface area contributed by atoms with E-state index >= 15 is 0 Å². The molecular weight excluding hydrogens is 272 g/mol. The van der Waals surface area contributed by atoms with E-state index in [9.17, 15) is 0 Å². The molecule has 0 atom stereocenters. The molecule has 4 heteroatoms. The number of aryl methyl sites for hydroxylation is 1. The van der Waals surface area contributed by atoms with Crippen LogP contribution in [-0.4, -0.2) is 4.98 Å². The van der Waals surface area contributed by atoms with E-state index in [4.69, 9.17) is 0 Å². The number of nitrogens with one attached hydrogen (secondary N) is 1. The molecule has 0 bridgehead atoms. The number of pyridine rings is 1. The van der Waals surface area contributed by atoms with Crippen molar-refractivity contribution in [3.8, 4) is 0 Å². The molecule has 4 nitrogen and oxygen atoms in total. The lowest BCUT2D eigenvalue weighted by atomic mass is 10.2. The summed E-state index contributed by atoms with van der Waals surface area (Å²) in [6.45, 7) is 1.97. The molecule has 0 saturated heterocycles. The van der Waals surface area contributed by atoms with Gasteiger partial charge in [0.2, 0.25) is 0 Å². The van der Waals surface area contributed by atoms with Crippen LogP contribution in [0.1, 0.15) is 5.56 Å². The average Bonchev–Trinajstić information content (AvgIpc) is 2.56. The van der Waals surface area contributed by atoms with Crippen molar-refractivity contribution < 1.29 is 0 Å². The summed E-state index contributed by atoms with van der Waals surface area (Å²) in [7, 11) is 0. The van der Waals surface area contributed by atoms with Crippen LogP contribution in [0.2, 0.25) is 0 Å². The van der Waals surface area contributed by atoms with Gasteiger partial charge in [0.15, 0.2) is 5.82 Å². The SMILES string of the molecule is Cc1cccnc1/N=N/c1ccc(Nc2ccccc2)cc1. The van der Waals surface area contributed by atoms with E-state index in [0.29, 0.717) is 5.82 Å². The van der Waals surface area contributed by atoms with Gasteiger partial charge in [0, 0.05) is 17.6 Å². The maximum absolute atomic E-state index is 4.22. The third kappa shape index (κ3) is 3.55. The lowest BCUT2D eigenvalue weighted by Gasteiger charge is -2.05. The van der Waals surface area contributed by atoms with E-state index in [2.05, 4.69) is 20.5 Å². The summed E-state index contributed by atoms with van der Waals surface area (Å²) in [5.41, 5.74) is 3.87. The van der Waals surface area contributed by atoms with Crippen LogP contribution < -0.4 is 5.32 Å². The predicted molar refractivity (Wildman–Crippen MR) is 89.3 cm³/mol. The van der Waals surface area contributed by atoms with Gasteiger partial charge >= 0.3 is 0 Å². The first-order valence-corrected chi connectivity index (χ1v) is 7.07. The molecule has 3 rings (SSSR count). The zero-order chi connectivity index (χ0) is 15.2. The van der Waals surface area contributed by atoms with E-state index in [1.54, 1.807) is 6.20 Å². The average molecular weight is 288 g/mol. The summed E-state index contributed by atoms with van der Waals surface area (Å²) >= 11 is 0. The van der Waals surface area contributed by atoms with Crippen molar-refractivity contribution in [1.29, 1.82) is 0 Å². The van der Waals surface area contributed by atoms with Crippen molar-refractivity contribution in [2.24, 2.45) is 10.2 Å². The highest BCUT2D eigenvalue weighted by atomic mass is 15.1. The normalized spacial score (nSPS) is 10.8. The number of nitrogens with zero attached hydrogens (tertiary/aromatic N) is 3. The first-order valence-electron chi connectivity index (χ1n) is 7.07. The van der Waals surface area contributed by atoms with E-state index in [-0.39, 0.29) is 0 Å². The monoisotopic (exact) mass is 288 g/mol. The molecule has 108 valence electrons. The molecule has 0 radical (unpaired) electrons. The number of aromatic nitrogens is 1. The lowest BCUT2D eigenvalue weighted by Crippen LogP contribution is -1.88. The lowest BCUT2D eigenvalue weighted by molar-refractivity contribution is 1.13. The van der Waals surface area contributed by atoms with Gasteiger partial charge in [-0.25, -0.2) is 4.98 Å². The topological polar surface area (TPSA) is 49.6 Å². The van der Waals surface area contributed by atoms with Crippen LogP contribution in [0.5, 0.6) is 0 Å². The van der Waals surface area contributed by atoms with Crippen LogP contribution in [0.3, 0.4) is 0 Å². The van der Waals surface area contributed by atoms with Crippen LogP contribution in [0, 0.1) is 6.92 Å². The summed E-state index contributed by atoms with van der Waals surface area (Å²) < 4.78 is 0. The van der Waals surface area contributed by atoms with Gasteiger partial charge in [0.25, 0.3) is 0 Å². The predicted octanol–water partition coefficient (Wildman–Crippen LogP) is 5.55. The summed E-state index contributed by atoms with van der Waals surface area (Å²) in [5, 5.41) is 11.7. The van der Waals surface area contributed by atoms with Crippen molar-refractivity contribution in [3.63, 3.8) is 0 Å². The van der Waals surface area contributed by atoms with Crippen LogP contribution in [0.4, 0.5) is 22.9 Å². The Kier molecular flexibility index (Phi) is 4.20. The maximum atomic E-state index is 4.22. The fraction of sp³-hybridized carbons (Fsp3) is 0.0556. The molecule has 0 fully saturated rings. The molecule has 22 heavy (non-hydrogen) atoms. The zero-order valence-corrected chi connectivity index (χ0v) is 12.3. The highest BCUT2D eigenvalue weighted by Gasteiger charge is 1.97. The van der Waals surface area contributed by atoms with Gasteiger partial charge < -0.3 is 5.32 Å². The highest BCUT2D eigenvalue weighted by molar-refractivity contribution is 5.61. The molecule has 0 aliphatic rings. The Morgan fingerprint density at radius 2 is 1.50 bits per heavy atom. The molecule has 0 saturated carbocycles. The first-order chi connectivity index (χ1) is 10.8. The van der Waals surface area contributed by atoms with Crippen molar-refractivity contribution in [2.75, 3.05) is 5.32 Å². The van der Waals surface area contributed by atoms with Crippen LogP contribution in [-0.2, 0) is 0 Å². The molecule has 0 unspecified atom stereocenters. The third-order valence-electron chi connectivity index (χ3n) is 3.17. The van der Waals surface area contributed by atoms with Gasteiger partial charge in [-0.1, -0.05) is 24.3 Å². The van der Waals surface area contributed by atoms with Gasteiger partial charge in [-0.3, -0.25) is 0 Å². The molecule has 1 N–H and O–H groups in total. The van der Waals surface area contributed by atoms with E-state index < -0.39 is 0 Å². The van der Waals surface area contributed by atoms with Crippen molar-refractivity contribution >= 4 is 22.9 Å². The minimum Gasteiger partial charge on any atom is -0.356 e. The van der Waals surface area contributed by atoms with Crippen LogP contribution in [0.15, 0.2) is 83.2 Å². The van der Waals surface area contributed by atoms with Crippen LogP contribution >= 0.6 is 0 Å². The minimum absolute atomic E-state index is 0.647. The maximum Gasteiger partial charge on any atom is 0.177 e. The second kappa shape index (κ2) is 6.63. The number of hydrogen-bond donors (Lipinski definition) is 1. The molecule has 0 amide bonds. The molecular formula is C18H16N4. The summed E-state index contributed by atoms with van der Waals surface area (Å²) in [4.78, 5) is 4.19. The van der Waals surface area contributed by atoms with E-state index in [0.717, 1.165) is 22.6 Å². The van der Waals surface area contributed by atoms with Gasteiger partial charge in [-0.15, -0.1) is 10.2 Å². The Balaban J connectivity index is 1.71. The van der Waals surface area contributed by atoms with Gasteiger partial charge in [-0.2, -0.15) is 0 Å². The number of para-hydroxylation sites is 1. The Labute approximate surface area is 129 Å². The van der Waals surface area contributed by atoms with Gasteiger partial charge in [-0.05, 0) is 55.0 Å². The summed E-state index contributed by atoms with van der Waals surface area (Å²) in [5.74, 6) is 0.647. The van der Waals surface area contributed by atoms with Crippen molar-refractivity contribution in [2.45, 2.75) is 6.92 Å². The molecule has 2 aromatic carbocycles.